The number of benzene rings is 2. The Bertz CT molecular complexity index is 1720. The van der Waals surface area contributed by atoms with Gasteiger partial charge in [0.1, 0.15) is 6.79 Å². The Hall–Kier alpha value is -2.58. The maximum Gasteiger partial charge on any atom is 0.200 e. The minimum Gasteiger partial charge on any atom is -0.504 e. The zero-order valence-electron chi connectivity index (χ0n) is 34.5. The summed E-state index contributed by atoms with van der Waals surface area (Å²) in [6, 6.07) is 6.85. The summed E-state index contributed by atoms with van der Waals surface area (Å²) in [4.78, 5) is 0. The summed E-state index contributed by atoms with van der Waals surface area (Å²) < 4.78 is 23.1. The molecule has 0 aromatic heterocycles. The second kappa shape index (κ2) is 22.0. The highest BCUT2D eigenvalue weighted by atomic mass is 33.1. The predicted molar refractivity (Wildman–Crippen MR) is 230 cm³/mol. The second-order valence-corrected chi connectivity index (χ2v) is 19.7. The molecule has 4 aliphatic rings. The van der Waals surface area contributed by atoms with Crippen LogP contribution in [0.5, 0.6) is 28.7 Å². The van der Waals surface area contributed by atoms with Gasteiger partial charge in [-0.05, 0) is 129 Å². The van der Waals surface area contributed by atoms with Gasteiger partial charge in [-0.2, -0.15) is 0 Å². The molecule has 0 amide bonds. The van der Waals surface area contributed by atoms with Crippen LogP contribution in [0.4, 0.5) is 0 Å². The summed E-state index contributed by atoms with van der Waals surface area (Å²) >= 11 is 0. The van der Waals surface area contributed by atoms with Crippen LogP contribution >= 0.6 is 21.6 Å². The maximum absolute atomic E-state index is 11.7. The first kappa shape index (κ1) is 45.9. The lowest BCUT2D eigenvalue weighted by Crippen LogP contribution is -2.46. The first-order valence-corrected chi connectivity index (χ1v) is 23.8. The molecule has 2 aliphatic carbocycles. The third-order valence-corrected chi connectivity index (χ3v) is 15.9. The molecule has 2 fully saturated rings. The van der Waals surface area contributed by atoms with Gasteiger partial charge in [0.2, 0.25) is 5.75 Å². The summed E-state index contributed by atoms with van der Waals surface area (Å²) in [6.45, 7) is 2.96. The smallest absolute Gasteiger partial charge is 0.200 e. The number of aryl methyl sites for hydroxylation is 1. The van der Waals surface area contributed by atoms with Crippen LogP contribution in [0, 0.1) is 40.9 Å². The number of fused-ring (bicyclic) bond motifs is 3. The zero-order chi connectivity index (χ0) is 41.9. The first-order chi connectivity index (χ1) is 28.6. The van der Waals surface area contributed by atoms with Crippen molar-refractivity contribution in [2.75, 3.05) is 46.1 Å². The van der Waals surface area contributed by atoms with E-state index >= 15 is 0 Å². The minimum absolute atomic E-state index is 0.00965. The van der Waals surface area contributed by atoms with Gasteiger partial charge in [-0.3, -0.25) is 0 Å². The van der Waals surface area contributed by atoms with E-state index in [-0.39, 0.29) is 65.0 Å². The van der Waals surface area contributed by atoms with Gasteiger partial charge in [-0.15, -0.1) is 5.92 Å². The number of rotatable bonds is 11. The Kier molecular flexibility index (Phi) is 17.1. The summed E-state index contributed by atoms with van der Waals surface area (Å²) in [5.74, 6) is 8.82. The van der Waals surface area contributed by atoms with Gasteiger partial charge in [-0.1, -0.05) is 47.3 Å². The Balaban J connectivity index is 1.25. The van der Waals surface area contributed by atoms with E-state index in [1.54, 1.807) is 18.2 Å². The summed E-state index contributed by atoms with van der Waals surface area (Å²) in [7, 11) is 4.33. The van der Waals surface area contributed by atoms with Crippen LogP contribution in [0.25, 0.3) is 0 Å². The van der Waals surface area contributed by atoms with Gasteiger partial charge in [-0.25, -0.2) is 0 Å². The van der Waals surface area contributed by atoms with Crippen LogP contribution in [0.1, 0.15) is 99.5 Å². The molecule has 1 spiro atoms. The van der Waals surface area contributed by atoms with E-state index in [2.05, 4.69) is 24.1 Å². The predicted octanol–water partition coefficient (Wildman–Crippen LogP) is 5.85. The van der Waals surface area contributed by atoms with Gasteiger partial charge < -0.3 is 60.0 Å². The van der Waals surface area contributed by atoms with Gasteiger partial charge in [0.05, 0.1) is 31.5 Å². The topological polar surface area (TPSA) is 191 Å². The number of methoxy groups -OCH3 is 1. The number of aliphatic hydroxyl groups excluding tert-OH is 5. The fraction of sp³-hybridized carbons (Fsp3) is 0.689. The van der Waals surface area contributed by atoms with Crippen molar-refractivity contribution in [2.45, 2.75) is 120 Å². The SMILES string of the molecule is COc1cc(C[C@@H]2[C@H](O)CSS[C@@H](CCO)c3cc(O)c(O[C@H]4CC[C@@H]5CNCCC#C[C@@]6(CCC[C@H](C)C6)[C@H]5C4)cc3CC[C@H](OCO)C[C@H]2O)cc(OCO)c1O. The van der Waals surface area contributed by atoms with E-state index < -0.39 is 37.8 Å². The lowest BCUT2D eigenvalue weighted by atomic mass is 9.56. The highest BCUT2D eigenvalue weighted by molar-refractivity contribution is 8.76. The number of hydrogen-bond acceptors (Lipinski definition) is 14. The van der Waals surface area contributed by atoms with E-state index in [1.165, 1.54) is 41.5 Å². The van der Waals surface area contributed by atoms with E-state index in [1.807, 2.05) is 6.07 Å². The lowest BCUT2D eigenvalue weighted by molar-refractivity contribution is -0.0808. The van der Waals surface area contributed by atoms with Gasteiger partial charge >= 0.3 is 0 Å². The van der Waals surface area contributed by atoms with Crippen molar-refractivity contribution in [3.05, 3.63) is 41.0 Å². The zero-order valence-corrected chi connectivity index (χ0v) is 36.2. The second-order valence-electron chi connectivity index (χ2n) is 17.0. The monoisotopic (exact) mass is 859 g/mol. The molecular formula is C45H65NO11S2. The number of aliphatic hydroxyl groups is 5. The quantitative estimate of drug-likeness (QED) is 0.0763. The van der Waals surface area contributed by atoms with Crippen molar-refractivity contribution >= 4 is 21.6 Å². The molecule has 8 N–H and O–H groups in total. The molecule has 12 nitrogen and oxygen atoms in total. The average Bonchev–Trinajstić information content (AvgIpc) is 3.29. The van der Waals surface area contributed by atoms with Gasteiger partial charge in [0, 0.05) is 41.9 Å². The number of aromatic hydroxyl groups is 2. The Morgan fingerprint density at radius 2 is 1.76 bits per heavy atom. The third-order valence-electron chi connectivity index (χ3n) is 13.1. The fourth-order valence-electron chi connectivity index (χ4n) is 10.2. The standard InChI is InChI=1S/C45H65NO11S2/c1-28-6-5-13-45(23-28)12-3-4-14-46-24-31-8-10-33(20-36(31)45)57-40-19-30-7-9-32(55-26-48)21-37(50)35(16-29-17-41(54-2)44(53)42(18-29)56-27-49)39(52)25-58-59-43(11-15-47)34(30)22-38(40)51/h17-19,22,28,31-33,35-37,39,43,46-53H,4-11,13-16,20-21,23-27H2,1-2H3/t28-,31+,32-,33-,35-,36-,37+,39+,43-,45-/m0/s1. The van der Waals surface area contributed by atoms with Crippen molar-refractivity contribution < 1.29 is 54.7 Å². The molecule has 328 valence electrons. The van der Waals surface area contributed by atoms with E-state index in [0.717, 1.165) is 62.7 Å². The molecular weight excluding hydrogens is 795 g/mol. The molecule has 0 bridgehead atoms. The van der Waals surface area contributed by atoms with Crippen molar-refractivity contribution in [2.24, 2.45) is 29.1 Å². The van der Waals surface area contributed by atoms with E-state index in [4.69, 9.17) is 18.9 Å². The van der Waals surface area contributed by atoms with Crippen molar-refractivity contribution in [1.82, 2.24) is 5.32 Å². The van der Waals surface area contributed by atoms with Crippen LogP contribution in [0.2, 0.25) is 0 Å². The molecule has 2 heterocycles. The van der Waals surface area contributed by atoms with Crippen LogP contribution in [0.3, 0.4) is 0 Å². The number of nitrogens with one attached hydrogen (secondary N) is 1. The van der Waals surface area contributed by atoms with Crippen molar-refractivity contribution in [3.8, 4) is 40.6 Å². The Morgan fingerprint density at radius 1 is 0.932 bits per heavy atom. The Morgan fingerprint density at radius 3 is 2.53 bits per heavy atom. The molecule has 2 aromatic rings. The molecule has 0 unspecified atom stereocenters. The molecule has 6 rings (SSSR count). The number of ether oxygens (including phenoxy) is 4. The third kappa shape index (κ3) is 11.7. The number of phenolic OH excluding ortho intramolecular Hbond substituents is 2. The molecule has 2 aromatic carbocycles. The van der Waals surface area contributed by atoms with Crippen molar-refractivity contribution in [3.63, 3.8) is 0 Å². The maximum atomic E-state index is 11.7. The van der Waals surface area contributed by atoms with Gasteiger partial charge in [0.25, 0.3) is 0 Å². The van der Waals surface area contributed by atoms with E-state index in [9.17, 15) is 35.7 Å². The normalized spacial score (nSPS) is 31.9. The van der Waals surface area contributed by atoms with Gasteiger partial charge in [0.15, 0.2) is 29.8 Å². The molecule has 0 radical (unpaired) electrons. The highest BCUT2D eigenvalue weighted by Gasteiger charge is 2.47. The lowest BCUT2D eigenvalue weighted by Gasteiger charge is -2.49. The Labute approximate surface area is 357 Å². The largest absolute Gasteiger partial charge is 0.504 e. The van der Waals surface area contributed by atoms with Crippen LogP contribution in [0.15, 0.2) is 24.3 Å². The van der Waals surface area contributed by atoms with Crippen molar-refractivity contribution in [1.29, 1.82) is 0 Å². The van der Waals surface area contributed by atoms with E-state index in [0.29, 0.717) is 48.3 Å². The highest BCUT2D eigenvalue weighted by Crippen LogP contribution is 2.53. The number of hydrogen-bond donors (Lipinski definition) is 8. The number of phenols is 2. The van der Waals surface area contributed by atoms with Crippen LogP contribution in [-0.2, 0) is 17.6 Å². The average molecular weight is 860 g/mol. The molecule has 10 atom stereocenters. The molecule has 59 heavy (non-hydrogen) atoms. The summed E-state index contributed by atoms with van der Waals surface area (Å²) in [6.07, 6.45) is 7.26. The first-order valence-electron chi connectivity index (χ1n) is 21.4. The molecule has 0 saturated heterocycles. The minimum atomic E-state index is -1.05. The fourth-order valence-corrected chi connectivity index (χ4v) is 13.1. The van der Waals surface area contributed by atoms with Crippen LogP contribution in [-0.4, -0.2) is 106 Å². The molecule has 2 saturated carbocycles. The van der Waals surface area contributed by atoms with Crippen LogP contribution < -0.4 is 19.5 Å². The summed E-state index contributed by atoms with van der Waals surface area (Å²) in [5, 5.41) is 78.5. The summed E-state index contributed by atoms with van der Waals surface area (Å²) in [5.41, 5.74) is 2.38. The molecule has 14 heteroatoms. The molecule has 2 aliphatic heterocycles.